The largest absolute Gasteiger partial charge is 0.339 e. The first-order valence-corrected chi connectivity index (χ1v) is 11.3. The van der Waals surface area contributed by atoms with Gasteiger partial charge < -0.3 is 9.80 Å². The number of hydrogen-bond donors (Lipinski definition) is 0. The van der Waals surface area contributed by atoms with Crippen molar-refractivity contribution in [3.05, 3.63) is 0 Å². The molecule has 4 rings (SSSR count). The molecule has 3 aliphatic rings. The van der Waals surface area contributed by atoms with Gasteiger partial charge in [0.05, 0.1) is 17.8 Å². The Morgan fingerprint density at radius 2 is 1.89 bits per heavy atom. The third-order valence-corrected chi connectivity index (χ3v) is 6.77. The van der Waals surface area contributed by atoms with Crippen molar-refractivity contribution >= 4 is 23.6 Å². The fourth-order valence-corrected chi connectivity index (χ4v) is 4.91. The van der Waals surface area contributed by atoms with E-state index in [4.69, 9.17) is 0 Å². The third kappa shape index (κ3) is 4.17. The van der Waals surface area contributed by atoms with Crippen molar-refractivity contribution in [3.63, 3.8) is 0 Å². The van der Waals surface area contributed by atoms with Gasteiger partial charge >= 0.3 is 0 Å². The molecule has 1 atom stereocenters. The van der Waals surface area contributed by atoms with Crippen LogP contribution in [0.3, 0.4) is 0 Å². The van der Waals surface area contributed by atoms with Gasteiger partial charge in [0.25, 0.3) is 0 Å². The topological polar surface area (TPSA) is 87.5 Å². The summed E-state index contributed by atoms with van der Waals surface area (Å²) >= 11 is 1.42. The van der Waals surface area contributed by atoms with E-state index in [9.17, 15) is 9.59 Å². The first-order chi connectivity index (χ1) is 13.5. The molecule has 2 amide bonds. The van der Waals surface area contributed by atoms with E-state index in [-0.39, 0.29) is 23.9 Å². The molecular formula is C18H29N7O2S. The highest BCUT2D eigenvalue weighted by atomic mass is 32.2. The summed E-state index contributed by atoms with van der Waals surface area (Å²) in [4.78, 5) is 31.6. The number of carbonyl (C=O) groups excluding carboxylic acids is 2. The number of aromatic nitrogens is 4. The SMILES string of the molecule is CC(C)N1CCC[C@H](N2CCN(C(=O)CSc3nnnn3C3CC3)CC2)C1=O. The Bertz CT molecular complexity index is 713. The van der Waals surface area contributed by atoms with E-state index in [0.717, 1.165) is 50.5 Å². The molecule has 154 valence electrons. The minimum absolute atomic E-state index is 0.0223. The van der Waals surface area contributed by atoms with E-state index in [1.54, 1.807) is 0 Å². The van der Waals surface area contributed by atoms with Crippen LogP contribution >= 0.6 is 11.8 Å². The van der Waals surface area contributed by atoms with Crippen LogP contribution in [0.5, 0.6) is 0 Å². The number of piperidine rings is 1. The maximum Gasteiger partial charge on any atom is 0.240 e. The second kappa shape index (κ2) is 8.36. The average molecular weight is 408 g/mol. The van der Waals surface area contributed by atoms with E-state index in [1.807, 2.05) is 14.5 Å². The number of tetrazole rings is 1. The van der Waals surface area contributed by atoms with Gasteiger partial charge in [0, 0.05) is 38.8 Å². The molecule has 1 aliphatic carbocycles. The summed E-state index contributed by atoms with van der Waals surface area (Å²) < 4.78 is 1.84. The number of piperazine rings is 1. The molecule has 1 saturated carbocycles. The van der Waals surface area contributed by atoms with Crippen molar-refractivity contribution in [3.8, 4) is 0 Å². The van der Waals surface area contributed by atoms with Gasteiger partial charge in [-0.1, -0.05) is 11.8 Å². The number of likely N-dealkylation sites (tertiary alicyclic amines) is 1. The summed E-state index contributed by atoms with van der Waals surface area (Å²) in [6.07, 6.45) is 4.21. The minimum atomic E-state index is -0.0223. The van der Waals surface area contributed by atoms with Crippen molar-refractivity contribution in [2.24, 2.45) is 0 Å². The van der Waals surface area contributed by atoms with Crippen molar-refractivity contribution in [1.82, 2.24) is 34.9 Å². The zero-order chi connectivity index (χ0) is 19.7. The molecule has 10 heteroatoms. The molecule has 9 nitrogen and oxygen atoms in total. The second-order valence-electron chi connectivity index (χ2n) is 8.13. The molecule has 2 aliphatic heterocycles. The van der Waals surface area contributed by atoms with Gasteiger partial charge in [0.2, 0.25) is 17.0 Å². The van der Waals surface area contributed by atoms with Gasteiger partial charge in [-0.15, -0.1) is 5.10 Å². The van der Waals surface area contributed by atoms with Gasteiger partial charge in [-0.05, 0) is 50.0 Å². The molecule has 0 bridgehead atoms. The number of thioether (sulfide) groups is 1. The molecule has 2 saturated heterocycles. The van der Waals surface area contributed by atoms with Crippen LogP contribution in [0.2, 0.25) is 0 Å². The molecule has 0 aromatic carbocycles. The molecule has 1 aromatic rings. The zero-order valence-electron chi connectivity index (χ0n) is 16.7. The van der Waals surface area contributed by atoms with Gasteiger partial charge in [-0.25, -0.2) is 4.68 Å². The maximum absolute atomic E-state index is 12.8. The number of carbonyl (C=O) groups is 2. The monoisotopic (exact) mass is 407 g/mol. The molecule has 3 heterocycles. The number of hydrogen-bond acceptors (Lipinski definition) is 7. The Morgan fingerprint density at radius 1 is 1.14 bits per heavy atom. The Hall–Kier alpha value is -1.68. The van der Waals surface area contributed by atoms with E-state index < -0.39 is 0 Å². The van der Waals surface area contributed by atoms with Crippen LogP contribution < -0.4 is 0 Å². The standard InChI is InChI=1S/C18H29N7O2S/c1-13(2)24-7-3-4-15(17(24)27)22-8-10-23(11-9-22)16(26)12-28-18-19-20-21-25(18)14-5-6-14/h13-15H,3-12H2,1-2H3/t15-/m0/s1. The smallest absolute Gasteiger partial charge is 0.240 e. The van der Waals surface area contributed by atoms with Crippen LogP contribution in [-0.2, 0) is 9.59 Å². The maximum atomic E-state index is 12.8. The molecule has 0 radical (unpaired) electrons. The lowest BCUT2D eigenvalue weighted by Gasteiger charge is -2.43. The van der Waals surface area contributed by atoms with E-state index in [0.29, 0.717) is 24.9 Å². The predicted molar refractivity (Wildman–Crippen MR) is 105 cm³/mol. The molecular weight excluding hydrogens is 378 g/mol. The second-order valence-corrected chi connectivity index (χ2v) is 9.07. The Balaban J connectivity index is 1.26. The normalized spacial score (nSPS) is 24.2. The number of nitrogens with zero attached hydrogens (tertiary/aromatic N) is 7. The summed E-state index contributed by atoms with van der Waals surface area (Å²) in [6, 6.07) is 0.642. The molecule has 0 spiro atoms. The van der Waals surface area contributed by atoms with Gasteiger partial charge in [-0.2, -0.15) is 0 Å². The van der Waals surface area contributed by atoms with Gasteiger partial charge in [0.1, 0.15) is 0 Å². The average Bonchev–Trinajstić information content (AvgIpc) is 3.44. The third-order valence-electron chi connectivity index (χ3n) is 5.86. The van der Waals surface area contributed by atoms with Gasteiger partial charge in [0.15, 0.2) is 0 Å². The van der Waals surface area contributed by atoms with E-state index in [2.05, 4.69) is 34.3 Å². The lowest BCUT2D eigenvalue weighted by molar-refractivity contribution is -0.143. The zero-order valence-corrected chi connectivity index (χ0v) is 17.5. The van der Waals surface area contributed by atoms with E-state index >= 15 is 0 Å². The molecule has 28 heavy (non-hydrogen) atoms. The van der Waals surface area contributed by atoms with Crippen molar-refractivity contribution in [2.75, 3.05) is 38.5 Å². The quantitative estimate of drug-likeness (QED) is 0.640. The minimum Gasteiger partial charge on any atom is -0.339 e. The highest BCUT2D eigenvalue weighted by Gasteiger charge is 2.36. The molecule has 1 aromatic heterocycles. The summed E-state index contributed by atoms with van der Waals surface area (Å²) in [7, 11) is 0. The van der Waals surface area contributed by atoms with Crippen molar-refractivity contribution < 1.29 is 9.59 Å². The Kier molecular flexibility index (Phi) is 5.86. The van der Waals surface area contributed by atoms with E-state index in [1.165, 1.54) is 11.8 Å². The first-order valence-electron chi connectivity index (χ1n) is 10.3. The van der Waals surface area contributed by atoms with Crippen LogP contribution in [0, 0.1) is 0 Å². The van der Waals surface area contributed by atoms with Crippen LogP contribution in [0.15, 0.2) is 5.16 Å². The summed E-state index contributed by atoms with van der Waals surface area (Å²) in [6.45, 7) is 7.90. The predicted octanol–water partition coefficient (Wildman–Crippen LogP) is 0.644. The van der Waals surface area contributed by atoms with Crippen LogP contribution in [0.4, 0.5) is 0 Å². The molecule has 3 fully saturated rings. The van der Waals surface area contributed by atoms with Crippen molar-refractivity contribution in [2.45, 2.75) is 62.8 Å². The lowest BCUT2D eigenvalue weighted by atomic mass is 10.0. The van der Waals surface area contributed by atoms with Gasteiger partial charge in [-0.3, -0.25) is 14.5 Å². The fourth-order valence-electron chi connectivity index (χ4n) is 4.06. The summed E-state index contributed by atoms with van der Waals surface area (Å²) in [5, 5.41) is 12.5. The fraction of sp³-hybridized carbons (Fsp3) is 0.833. The highest BCUT2D eigenvalue weighted by molar-refractivity contribution is 7.99. The number of rotatable bonds is 6. The van der Waals surface area contributed by atoms with Crippen LogP contribution in [0.1, 0.15) is 45.6 Å². The van der Waals surface area contributed by atoms with Crippen LogP contribution in [0.25, 0.3) is 0 Å². The van der Waals surface area contributed by atoms with Crippen LogP contribution in [-0.4, -0.2) is 97.3 Å². The summed E-state index contributed by atoms with van der Waals surface area (Å²) in [5.74, 6) is 0.730. The molecule has 0 N–H and O–H groups in total. The Morgan fingerprint density at radius 3 is 2.57 bits per heavy atom. The molecule has 0 unspecified atom stereocenters. The summed E-state index contributed by atoms with van der Waals surface area (Å²) in [5.41, 5.74) is 0. The lowest BCUT2D eigenvalue weighted by Crippen LogP contribution is -2.59. The highest BCUT2D eigenvalue weighted by Crippen LogP contribution is 2.36. The van der Waals surface area contributed by atoms with Crippen molar-refractivity contribution in [1.29, 1.82) is 0 Å². The first kappa shape index (κ1) is 19.6. The Labute approximate surface area is 169 Å². The number of amides is 2.